The second kappa shape index (κ2) is 6.04. The number of piperazine rings is 1. The summed E-state index contributed by atoms with van der Waals surface area (Å²) in [6.45, 7) is 4.16. The predicted molar refractivity (Wildman–Crippen MR) is 93.4 cm³/mol. The van der Waals surface area contributed by atoms with Gasteiger partial charge in [0.15, 0.2) is 5.75 Å². The van der Waals surface area contributed by atoms with Gasteiger partial charge >= 0.3 is 0 Å². The molecule has 4 nitrogen and oxygen atoms in total. The molecule has 0 saturated carbocycles. The third-order valence-electron chi connectivity index (χ3n) is 4.57. The first-order valence-electron chi connectivity index (χ1n) is 7.96. The first kappa shape index (κ1) is 14.8. The van der Waals surface area contributed by atoms with E-state index in [-0.39, 0.29) is 6.17 Å². The zero-order valence-corrected chi connectivity index (χ0v) is 13.9. The van der Waals surface area contributed by atoms with Crippen molar-refractivity contribution in [2.45, 2.75) is 6.17 Å². The van der Waals surface area contributed by atoms with Gasteiger partial charge in [-0.2, -0.15) is 0 Å². The summed E-state index contributed by atoms with van der Waals surface area (Å²) >= 11 is 6.26. The van der Waals surface area contributed by atoms with Gasteiger partial charge in [0.2, 0.25) is 0 Å². The van der Waals surface area contributed by atoms with Crippen LogP contribution in [-0.2, 0) is 0 Å². The van der Waals surface area contributed by atoms with Crippen LogP contribution in [0.25, 0.3) is 0 Å². The number of nitrogens with zero attached hydrogens (tertiary/aromatic N) is 2. The van der Waals surface area contributed by atoms with Crippen molar-refractivity contribution in [1.29, 1.82) is 0 Å². The zero-order chi connectivity index (χ0) is 15.8. The number of para-hydroxylation sites is 2. The van der Waals surface area contributed by atoms with Crippen molar-refractivity contribution in [1.82, 2.24) is 9.80 Å². The Bertz CT molecular complexity index is 713. The predicted octanol–water partition coefficient (Wildman–Crippen LogP) is 3.80. The van der Waals surface area contributed by atoms with Gasteiger partial charge in [0.25, 0.3) is 0 Å². The number of fused-ring (bicyclic) bond motifs is 2. The van der Waals surface area contributed by atoms with Crippen molar-refractivity contribution in [3.63, 3.8) is 0 Å². The third kappa shape index (κ3) is 2.90. The molecule has 0 amide bonds. The molecule has 1 saturated heterocycles. The molecule has 2 heterocycles. The molecule has 1 fully saturated rings. The van der Waals surface area contributed by atoms with Crippen LogP contribution in [0.2, 0.25) is 5.02 Å². The molecule has 0 aliphatic carbocycles. The molecule has 0 bridgehead atoms. The second-order valence-electron chi connectivity index (χ2n) is 6.17. The van der Waals surface area contributed by atoms with Gasteiger partial charge in [0, 0.05) is 36.8 Å². The van der Waals surface area contributed by atoms with Crippen LogP contribution in [0.15, 0.2) is 42.5 Å². The highest BCUT2D eigenvalue weighted by atomic mass is 35.5. The molecule has 2 aliphatic rings. The van der Waals surface area contributed by atoms with Crippen LogP contribution in [-0.4, -0.2) is 43.0 Å². The van der Waals surface area contributed by atoms with Gasteiger partial charge in [-0.15, -0.1) is 0 Å². The number of rotatable bonds is 1. The Hall–Kier alpha value is -1.75. The van der Waals surface area contributed by atoms with E-state index in [0.717, 1.165) is 54.0 Å². The topological polar surface area (TPSA) is 27.7 Å². The summed E-state index contributed by atoms with van der Waals surface area (Å²) in [6, 6.07) is 13.9. The highest BCUT2D eigenvalue weighted by Crippen LogP contribution is 2.42. The van der Waals surface area contributed by atoms with E-state index < -0.39 is 0 Å². The SMILES string of the molecule is CN1CCN(C2Nc3ccccc3Oc3ccc(Cl)cc32)CC1. The van der Waals surface area contributed by atoms with Gasteiger partial charge in [0.05, 0.1) is 5.69 Å². The number of hydrogen-bond donors (Lipinski definition) is 1. The molecule has 0 aromatic heterocycles. The Morgan fingerprint density at radius 2 is 1.83 bits per heavy atom. The standard InChI is InChI=1S/C18H20ClN3O/c1-21-8-10-22(11-9-21)18-14-12-13(19)6-7-16(14)23-17-5-3-2-4-15(17)20-18/h2-7,12,18,20H,8-11H2,1H3. The molecule has 4 rings (SSSR count). The van der Waals surface area contributed by atoms with E-state index in [4.69, 9.17) is 16.3 Å². The maximum Gasteiger partial charge on any atom is 0.150 e. The van der Waals surface area contributed by atoms with E-state index in [2.05, 4.69) is 28.2 Å². The summed E-state index contributed by atoms with van der Waals surface area (Å²) in [4.78, 5) is 4.82. The average Bonchev–Trinajstić information content (AvgIpc) is 2.72. The fourth-order valence-corrected chi connectivity index (χ4v) is 3.39. The Morgan fingerprint density at radius 3 is 2.65 bits per heavy atom. The lowest BCUT2D eigenvalue weighted by Crippen LogP contribution is -2.47. The second-order valence-corrected chi connectivity index (χ2v) is 6.60. The van der Waals surface area contributed by atoms with Crippen LogP contribution in [0, 0.1) is 0 Å². The van der Waals surface area contributed by atoms with Crippen LogP contribution in [0.1, 0.15) is 11.7 Å². The Labute approximate surface area is 141 Å². The van der Waals surface area contributed by atoms with Crippen molar-refractivity contribution < 1.29 is 4.74 Å². The summed E-state index contributed by atoms with van der Waals surface area (Å²) in [5, 5.41) is 4.39. The molecule has 2 aliphatic heterocycles. The van der Waals surface area contributed by atoms with Crippen molar-refractivity contribution in [3.8, 4) is 11.5 Å². The smallest absolute Gasteiger partial charge is 0.150 e. The molecule has 2 aromatic rings. The van der Waals surface area contributed by atoms with E-state index in [1.165, 1.54) is 0 Å². The minimum atomic E-state index is 0.0704. The maximum absolute atomic E-state index is 6.26. The molecule has 0 radical (unpaired) electrons. The zero-order valence-electron chi connectivity index (χ0n) is 13.1. The van der Waals surface area contributed by atoms with Crippen LogP contribution in [0.5, 0.6) is 11.5 Å². The van der Waals surface area contributed by atoms with E-state index >= 15 is 0 Å². The van der Waals surface area contributed by atoms with Gasteiger partial charge in [-0.3, -0.25) is 4.90 Å². The minimum Gasteiger partial charge on any atom is -0.455 e. The van der Waals surface area contributed by atoms with Crippen molar-refractivity contribution in [2.24, 2.45) is 0 Å². The largest absolute Gasteiger partial charge is 0.455 e. The van der Waals surface area contributed by atoms with Crippen molar-refractivity contribution >= 4 is 17.3 Å². The highest BCUT2D eigenvalue weighted by Gasteiger charge is 2.29. The van der Waals surface area contributed by atoms with Gasteiger partial charge in [-0.25, -0.2) is 0 Å². The number of nitrogens with one attached hydrogen (secondary N) is 1. The van der Waals surface area contributed by atoms with Crippen molar-refractivity contribution in [2.75, 3.05) is 38.5 Å². The van der Waals surface area contributed by atoms with Crippen LogP contribution in [0.4, 0.5) is 5.69 Å². The molecular weight excluding hydrogens is 310 g/mol. The molecule has 120 valence electrons. The molecule has 1 N–H and O–H groups in total. The molecule has 1 unspecified atom stereocenters. The molecular formula is C18H20ClN3O. The summed E-state index contributed by atoms with van der Waals surface area (Å²) in [5.74, 6) is 1.73. The normalized spacial score (nSPS) is 21.6. The van der Waals surface area contributed by atoms with E-state index in [9.17, 15) is 0 Å². The highest BCUT2D eigenvalue weighted by molar-refractivity contribution is 6.30. The van der Waals surface area contributed by atoms with Crippen LogP contribution >= 0.6 is 11.6 Å². The lowest BCUT2D eigenvalue weighted by molar-refractivity contribution is 0.122. The van der Waals surface area contributed by atoms with Gasteiger partial charge in [-0.1, -0.05) is 23.7 Å². The number of anilines is 1. The molecule has 5 heteroatoms. The quantitative estimate of drug-likeness (QED) is 0.861. The first-order chi connectivity index (χ1) is 11.2. The van der Waals surface area contributed by atoms with E-state index in [0.29, 0.717) is 0 Å². The summed E-state index contributed by atoms with van der Waals surface area (Å²) in [5.41, 5.74) is 2.11. The first-order valence-corrected chi connectivity index (χ1v) is 8.34. The van der Waals surface area contributed by atoms with Gasteiger partial charge < -0.3 is 15.0 Å². The lowest BCUT2D eigenvalue weighted by Gasteiger charge is -2.38. The fourth-order valence-electron chi connectivity index (χ4n) is 3.21. The van der Waals surface area contributed by atoms with E-state index in [1.54, 1.807) is 0 Å². The average molecular weight is 330 g/mol. The molecule has 0 spiro atoms. The van der Waals surface area contributed by atoms with Crippen LogP contribution < -0.4 is 10.1 Å². The monoisotopic (exact) mass is 329 g/mol. The number of hydrogen-bond acceptors (Lipinski definition) is 4. The van der Waals surface area contributed by atoms with Gasteiger partial charge in [-0.05, 0) is 37.4 Å². The number of halogens is 1. The molecule has 2 aromatic carbocycles. The molecule has 1 atom stereocenters. The van der Waals surface area contributed by atoms with Crippen LogP contribution in [0.3, 0.4) is 0 Å². The Balaban J connectivity index is 1.76. The fraction of sp³-hybridized carbons (Fsp3) is 0.333. The number of likely N-dealkylation sites (N-methyl/N-ethyl adjacent to an activating group) is 1. The maximum atomic E-state index is 6.26. The van der Waals surface area contributed by atoms with Crippen molar-refractivity contribution in [3.05, 3.63) is 53.1 Å². The Morgan fingerprint density at radius 1 is 1.04 bits per heavy atom. The van der Waals surface area contributed by atoms with Gasteiger partial charge in [0.1, 0.15) is 11.9 Å². The summed E-state index contributed by atoms with van der Waals surface area (Å²) in [7, 11) is 2.17. The third-order valence-corrected chi connectivity index (χ3v) is 4.80. The Kier molecular flexibility index (Phi) is 3.89. The minimum absolute atomic E-state index is 0.0704. The summed E-state index contributed by atoms with van der Waals surface area (Å²) in [6.07, 6.45) is 0.0704. The summed E-state index contributed by atoms with van der Waals surface area (Å²) < 4.78 is 6.14. The number of ether oxygens (including phenoxy) is 1. The lowest BCUT2D eigenvalue weighted by atomic mass is 10.1. The number of benzene rings is 2. The van der Waals surface area contributed by atoms with E-state index in [1.807, 2.05) is 36.4 Å². The molecule has 23 heavy (non-hydrogen) atoms.